The molecule has 0 aliphatic rings. The molecule has 2 aromatic carbocycles. The number of ether oxygens (including phenoxy) is 2. The number of carbonyl (C=O) groups is 2. The number of esters is 1. The van der Waals surface area contributed by atoms with Crippen molar-refractivity contribution >= 4 is 11.9 Å². The first kappa shape index (κ1) is 16.7. The molecule has 1 atom stereocenters. The number of amides is 1. The van der Waals surface area contributed by atoms with Gasteiger partial charge in [-0.1, -0.05) is 60.7 Å². The van der Waals surface area contributed by atoms with Crippen LogP contribution in [-0.2, 0) is 25.7 Å². The molecule has 23 heavy (non-hydrogen) atoms. The van der Waals surface area contributed by atoms with E-state index in [2.05, 4.69) is 5.32 Å². The molecule has 2 aromatic rings. The molecule has 0 saturated heterocycles. The second kappa shape index (κ2) is 8.70. The van der Waals surface area contributed by atoms with E-state index < -0.39 is 12.0 Å². The molecule has 0 unspecified atom stereocenters. The van der Waals surface area contributed by atoms with Gasteiger partial charge in [0, 0.05) is 0 Å². The minimum Gasteiger partial charge on any atom is -0.467 e. The van der Waals surface area contributed by atoms with Crippen LogP contribution in [0.25, 0.3) is 0 Å². The first-order valence-corrected chi connectivity index (χ1v) is 7.24. The fourth-order valence-electron chi connectivity index (χ4n) is 2.08. The summed E-state index contributed by atoms with van der Waals surface area (Å²) in [7, 11) is 1.29. The maximum Gasteiger partial charge on any atom is 0.333 e. The van der Waals surface area contributed by atoms with Gasteiger partial charge >= 0.3 is 5.97 Å². The Labute approximate surface area is 135 Å². The summed E-state index contributed by atoms with van der Waals surface area (Å²) in [6, 6.07) is 17.7. The summed E-state index contributed by atoms with van der Waals surface area (Å²) >= 11 is 0. The third kappa shape index (κ3) is 5.23. The van der Waals surface area contributed by atoms with Crippen molar-refractivity contribution < 1.29 is 19.1 Å². The van der Waals surface area contributed by atoms with Crippen molar-refractivity contribution in [1.82, 2.24) is 5.32 Å². The molecule has 0 spiro atoms. The fourth-order valence-corrected chi connectivity index (χ4v) is 2.08. The molecule has 0 aliphatic heterocycles. The van der Waals surface area contributed by atoms with Gasteiger partial charge in [-0.05, 0) is 11.1 Å². The Hall–Kier alpha value is -2.66. The average molecular weight is 313 g/mol. The van der Waals surface area contributed by atoms with Gasteiger partial charge in [0.1, 0.15) is 6.61 Å². The molecular weight excluding hydrogens is 294 g/mol. The summed E-state index contributed by atoms with van der Waals surface area (Å²) in [4.78, 5) is 23.9. The molecule has 1 N–H and O–H groups in total. The SMILES string of the molecule is COC(=O)[C@@H](NC(=O)COCc1ccccc1)c1ccccc1. The first-order chi connectivity index (χ1) is 11.2. The number of methoxy groups -OCH3 is 1. The van der Waals surface area contributed by atoms with Crippen molar-refractivity contribution in [2.45, 2.75) is 12.6 Å². The van der Waals surface area contributed by atoms with E-state index in [1.54, 1.807) is 24.3 Å². The van der Waals surface area contributed by atoms with Gasteiger partial charge in [0.25, 0.3) is 0 Å². The van der Waals surface area contributed by atoms with Crippen LogP contribution in [0.3, 0.4) is 0 Å². The van der Waals surface area contributed by atoms with Crippen LogP contribution in [0.4, 0.5) is 0 Å². The van der Waals surface area contributed by atoms with Crippen molar-refractivity contribution in [3.8, 4) is 0 Å². The van der Waals surface area contributed by atoms with Crippen molar-refractivity contribution in [2.24, 2.45) is 0 Å². The van der Waals surface area contributed by atoms with Crippen molar-refractivity contribution in [1.29, 1.82) is 0 Å². The van der Waals surface area contributed by atoms with Gasteiger partial charge < -0.3 is 14.8 Å². The second-order valence-corrected chi connectivity index (χ2v) is 4.91. The zero-order valence-electron chi connectivity index (χ0n) is 12.9. The highest BCUT2D eigenvalue weighted by molar-refractivity contribution is 5.86. The summed E-state index contributed by atoms with van der Waals surface area (Å²) in [5.41, 5.74) is 1.64. The minimum atomic E-state index is -0.839. The van der Waals surface area contributed by atoms with E-state index in [-0.39, 0.29) is 12.5 Å². The van der Waals surface area contributed by atoms with Crippen molar-refractivity contribution in [3.63, 3.8) is 0 Å². The summed E-state index contributed by atoms with van der Waals surface area (Å²) in [5.74, 6) is -0.896. The Balaban J connectivity index is 1.89. The lowest BCUT2D eigenvalue weighted by atomic mass is 10.1. The first-order valence-electron chi connectivity index (χ1n) is 7.24. The van der Waals surface area contributed by atoms with E-state index in [4.69, 9.17) is 9.47 Å². The monoisotopic (exact) mass is 313 g/mol. The highest BCUT2D eigenvalue weighted by Crippen LogP contribution is 2.14. The van der Waals surface area contributed by atoms with Crippen LogP contribution < -0.4 is 5.32 Å². The maximum atomic E-state index is 12.0. The molecule has 0 radical (unpaired) electrons. The number of hydrogen-bond acceptors (Lipinski definition) is 4. The largest absolute Gasteiger partial charge is 0.467 e. The van der Waals surface area contributed by atoms with Gasteiger partial charge in [-0.2, -0.15) is 0 Å². The van der Waals surface area contributed by atoms with Crippen molar-refractivity contribution in [3.05, 3.63) is 71.8 Å². The molecule has 5 nitrogen and oxygen atoms in total. The Morgan fingerprint density at radius 3 is 2.22 bits per heavy atom. The van der Waals surface area contributed by atoms with Crippen LogP contribution >= 0.6 is 0 Å². The van der Waals surface area contributed by atoms with Crippen LogP contribution in [0.15, 0.2) is 60.7 Å². The lowest BCUT2D eigenvalue weighted by Gasteiger charge is -2.17. The van der Waals surface area contributed by atoms with E-state index in [0.29, 0.717) is 12.2 Å². The van der Waals surface area contributed by atoms with E-state index >= 15 is 0 Å². The topological polar surface area (TPSA) is 64.6 Å². The molecule has 5 heteroatoms. The number of carbonyl (C=O) groups excluding carboxylic acids is 2. The molecule has 0 bridgehead atoms. The maximum absolute atomic E-state index is 12.0. The van der Waals surface area contributed by atoms with Gasteiger partial charge in [-0.3, -0.25) is 4.79 Å². The molecule has 0 fully saturated rings. The highest BCUT2D eigenvalue weighted by Gasteiger charge is 2.23. The van der Waals surface area contributed by atoms with Crippen LogP contribution in [0.2, 0.25) is 0 Å². The molecule has 0 heterocycles. The Kier molecular flexibility index (Phi) is 6.32. The molecule has 0 aliphatic carbocycles. The third-order valence-corrected chi connectivity index (χ3v) is 3.22. The summed E-state index contributed by atoms with van der Waals surface area (Å²) < 4.78 is 10.1. The molecule has 2 rings (SSSR count). The number of rotatable bonds is 7. The van der Waals surface area contributed by atoms with Gasteiger partial charge in [-0.15, -0.1) is 0 Å². The van der Waals surface area contributed by atoms with Crippen LogP contribution in [0.1, 0.15) is 17.2 Å². The number of benzene rings is 2. The van der Waals surface area contributed by atoms with E-state index in [1.165, 1.54) is 7.11 Å². The standard InChI is InChI=1S/C18H19NO4/c1-22-18(21)17(15-10-6-3-7-11-15)19-16(20)13-23-12-14-8-4-2-5-9-14/h2-11,17H,12-13H2,1H3,(H,19,20)/t17-/m0/s1. The number of hydrogen-bond donors (Lipinski definition) is 1. The average Bonchev–Trinajstić information content (AvgIpc) is 2.60. The smallest absolute Gasteiger partial charge is 0.333 e. The fraction of sp³-hybridized carbons (Fsp3) is 0.222. The molecular formula is C18H19NO4. The van der Waals surface area contributed by atoms with Crippen LogP contribution in [0.5, 0.6) is 0 Å². The summed E-state index contributed by atoms with van der Waals surface area (Å²) in [5, 5.41) is 2.63. The van der Waals surface area contributed by atoms with E-state index in [9.17, 15) is 9.59 Å². The number of nitrogens with one attached hydrogen (secondary N) is 1. The zero-order chi connectivity index (χ0) is 16.5. The Morgan fingerprint density at radius 2 is 1.61 bits per heavy atom. The Morgan fingerprint density at radius 1 is 1.00 bits per heavy atom. The molecule has 120 valence electrons. The quantitative estimate of drug-likeness (QED) is 0.796. The summed E-state index contributed by atoms with van der Waals surface area (Å²) in [6.45, 7) is 0.206. The van der Waals surface area contributed by atoms with Gasteiger partial charge in [-0.25, -0.2) is 4.79 Å². The van der Waals surface area contributed by atoms with Gasteiger partial charge in [0.15, 0.2) is 6.04 Å². The zero-order valence-corrected chi connectivity index (χ0v) is 12.9. The molecule has 1 amide bonds. The predicted molar refractivity (Wildman–Crippen MR) is 85.4 cm³/mol. The van der Waals surface area contributed by atoms with Gasteiger partial charge in [0.05, 0.1) is 13.7 Å². The molecule has 0 saturated carbocycles. The van der Waals surface area contributed by atoms with Crippen molar-refractivity contribution in [2.75, 3.05) is 13.7 Å². The van der Waals surface area contributed by atoms with Gasteiger partial charge in [0.2, 0.25) is 5.91 Å². The van der Waals surface area contributed by atoms with E-state index in [0.717, 1.165) is 5.56 Å². The highest BCUT2D eigenvalue weighted by atomic mass is 16.5. The van der Waals surface area contributed by atoms with E-state index in [1.807, 2.05) is 36.4 Å². The van der Waals surface area contributed by atoms with Crippen LogP contribution in [-0.4, -0.2) is 25.6 Å². The third-order valence-electron chi connectivity index (χ3n) is 3.22. The normalized spacial score (nSPS) is 11.5. The van der Waals surface area contributed by atoms with Crippen LogP contribution in [0, 0.1) is 0 Å². The molecule has 0 aromatic heterocycles. The Bertz CT molecular complexity index is 628. The minimum absolute atomic E-state index is 0.130. The predicted octanol–water partition coefficient (Wildman–Crippen LogP) is 2.23. The lowest BCUT2D eigenvalue weighted by molar-refractivity contribution is -0.146. The second-order valence-electron chi connectivity index (χ2n) is 4.91. The lowest BCUT2D eigenvalue weighted by Crippen LogP contribution is -2.36. The summed E-state index contributed by atoms with van der Waals surface area (Å²) in [6.07, 6.45) is 0.